The summed E-state index contributed by atoms with van der Waals surface area (Å²) < 4.78 is 2.38. The normalized spacial score (nSPS) is 19.9. The fourth-order valence-corrected chi connectivity index (χ4v) is 4.60. The quantitative estimate of drug-likeness (QED) is 0.288. The first kappa shape index (κ1) is 21.9. The lowest BCUT2D eigenvalue weighted by Crippen LogP contribution is -2.31. The summed E-state index contributed by atoms with van der Waals surface area (Å²) in [5.41, 5.74) is 5.91. The Morgan fingerprint density at radius 1 is 0.906 bits per heavy atom. The summed E-state index contributed by atoms with van der Waals surface area (Å²) in [5.74, 6) is 0. The van der Waals surface area contributed by atoms with Crippen LogP contribution >= 0.6 is 0 Å². The molecule has 0 N–H and O–H groups in total. The van der Waals surface area contributed by atoms with Crippen molar-refractivity contribution in [3.63, 3.8) is 0 Å². The predicted octanol–water partition coefficient (Wildman–Crippen LogP) is 8.78. The lowest BCUT2D eigenvalue weighted by atomic mass is 9.64. The second-order valence-electron chi connectivity index (χ2n) is 9.32. The molecule has 4 rings (SSSR count). The van der Waals surface area contributed by atoms with E-state index in [1.54, 1.807) is 0 Å². The van der Waals surface area contributed by atoms with Gasteiger partial charge in [-0.25, -0.2) is 0 Å². The average molecular weight is 420 g/mol. The first-order valence-corrected chi connectivity index (χ1v) is 11.4. The molecule has 1 nitrogen and oxygen atoms in total. The summed E-state index contributed by atoms with van der Waals surface area (Å²) in [6, 6.07) is 19.3. The van der Waals surface area contributed by atoms with Crippen molar-refractivity contribution in [2.24, 2.45) is 10.8 Å². The van der Waals surface area contributed by atoms with Crippen molar-refractivity contribution in [3.05, 3.63) is 114 Å². The van der Waals surface area contributed by atoms with Gasteiger partial charge in [0.1, 0.15) is 0 Å². The van der Waals surface area contributed by atoms with Gasteiger partial charge in [0.25, 0.3) is 0 Å². The average Bonchev–Trinajstić information content (AvgIpc) is 2.98. The SMILES string of the molecule is C/C=C\C(C)(/C=C\C=C(C)C)C1(C)C=Cc2c(n(-c3ccccc3)c3ccccc23)C=C1. The molecule has 0 bridgehead atoms. The van der Waals surface area contributed by atoms with Gasteiger partial charge in [0.15, 0.2) is 0 Å². The maximum absolute atomic E-state index is 2.38. The molecular formula is C31H33N. The lowest BCUT2D eigenvalue weighted by molar-refractivity contribution is 0.319. The fourth-order valence-electron chi connectivity index (χ4n) is 4.60. The fraction of sp³-hybridized carbons (Fsp3) is 0.226. The minimum absolute atomic E-state index is 0.155. The molecule has 0 saturated carbocycles. The van der Waals surface area contributed by atoms with Crippen LogP contribution in [-0.2, 0) is 0 Å². The largest absolute Gasteiger partial charge is 0.309 e. The summed E-state index contributed by atoms with van der Waals surface area (Å²) in [6.07, 6.45) is 20.6. The molecule has 3 aromatic rings. The molecule has 0 amide bonds. The van der Waals surface area contributed by atoms with E-state index in [0.29, 0.717) is 0 Å². The number of hydrogen-bond donors (Lipinski definition) is 0. The van der Waals surface area contributed by atoms with E-state index in [-0.39, 0.29) is 10.8 Å². The maximum Gasteiger partial charge on any atom is 0.0541 e. The number of rotatable bonds is 5. The Hall–Kier alpha value is -3.32. The first-order valence-electron chi connectivity index (χ1n) is 11.4. The van der Waals surface area contributed by atoms with Crippen molar-refractivity contribution in [1.29, 1.82) is 0 Å². The third-order valence-corrected chi connectivity index (χ3v) is 6.70. The number of hydrogen-bond acceptors (Lipinski definition) is 0. The maximum atomic E-state index is 2.38. The number of allylic oxidation sites excluding steroid dienone is 8. The van der Waals surface area contributed by atoms with E-state index in [1.807, 2.05) is 0 Å². The third kappa shape index (κ3) is 3.84. The van der Waals surface area contributed by atoms with E-state index in [1.165, 1.54) is 33.4 Å². The second kappa shape index (κ2) is 8.67. The van der Waals surface area contributed by atoms with Crippen molar-refractivity contribution < 1.29 is 0 Å². The van der Waals surface area contributed by atoms with Crippen LogP contribution < -0.4 is 0 Å². The van der Waals surface area contributed by atoms with Crippen molar-refractivity contribution in [3.8, 4) is 5.69 Å². The van der Waals surface area contributed by atoms with Gasteiger partial charge in [-0.1, -0.05) is 104 Å². The highest BCUT2D eigenvalue weighted by molar-refractivity contribution is 5.96. The van der Waals surface area contributed by atoms with E-state index in [0.717, 1.165) is 0 Å². The Morgan fingerprint density at radius 2 is 1.59 bits per heavy atom. The van der Waals surface area contributed by atoms with Gasteiger partial charge in [0.05, 0.1) is 11.2 Å². The highest BCUT2D eigenvalue weighted by Gasteiger charge is 2.38. The molecule has 0 spiro atoms. The topological polar surface area (TPSA) is 4.93 Å². The molecule has 0 radical (unpaired) electrons. The Bertz CT molecular complexity index is 1260. The molecule has 0 aliphatic heterocycles. The predicted molar refractivity (Wildman–Crippen MR) is 141 cm³/mol. The molecule has 32 heavy (non-hydrogen) atoms. The highest BCUT2D eigenvalue weighted by Crippen LogP contribution is 2.47. The zero-order valence-corrected chi connectivity index (χ0v) is 19.8. The minimum atomic E-state index is -0.173. The van der Waals surface area contributed by atoms with E-state index < -0.39 is 0 Å². The van der Waals surface area contributed by atoms with Crippen molar-refractivity contribution in [2.45, 2.75) is 34.6 Å². The molecule has 0 saturated heterocycles. The molecule has 1 aliphatic carbocycles. The Balaban J connectivity index is 1.90. The summed E-state index contributed by atoms with van der Waals surface area (Å²) in [5, 5.41) is 1.28. The summed E-state index contributed by atoms with van der Waals surface area (Å²) in [7, 11) is 0. The number of para-hydroxylation sites is 2. The Labute approximate surface area is 192 Å². The Kier molecular flexibility index (Phi) is 5.93. The molecular weight excluding hydrogens is 386 g/mol. The number of aromatic nitrogens is 1. The van der Waals surface area contributed by atoms with Gasteiger partial charge in [-0.05, 0) is 45.0 Å². The molecule has 2 atom stereocenters. The molecule has 2 unspecified atom stereocenters. The van der Waals surface area contributed by atoms with Gasteiger partial charge in [-0.3, -0.25) is 0 Å². The van der Waals surface area contributed by atoms with E-state index in [4.69, 9.17) is 0 Å². The zero-order chi connectivity index (χ0) is 22.8. The molecule has 1 aliphatic rings. The van der Waals surface area contributed by atoms with Gasteiger partial charge >= 0.3 is 0 Å². The van der Waals surface area contributed by atoms with Crippen LogP contribution in [0.15, 0.2) is 103 Å². The molecule has 162 valence electrons. The van der Waals surface area contributed by atoms with Crippen LogP contribution in [0.3, 0.4) is 0 Å². The summed E-state index contributed by atoms with van der Waals surface area (Å²) in [6.45, 7) is 11.0. The Morgan fingerprint density at radius 3 is 2.31 bits per heavy atom. The van der Waals surface area contributed by atoms with Crippen LogP contribution in [0.5, 0.6) is 0 Å². The van der Waals surface area contributed by atoms with Crippen LogP contribution in [0.25, 0.3) is 28.7 Å². The van der Waals surface area contributed by atoms with Crippen molar-refractivity contribution >= 4 is 23.1 Å². The van der Waals surface area contributed by atoms with E-state index in [2.05, 4.69) is 148 Å². The van der Waals surface area contributed by atoms with E-state index in [9.17, 15) is 0 Å². The van der Waals surface area contributed by atoms with Gasteiger partial charge in [0, 0.05) is 27.5 Å². The van der Waals surface area contributed by atoms with Gasteiger partial charge in [-0.15, -0.1) is 0 Å². The lowest BCUT2D eigenvalue weighted by Gasteiger charge is -2.39. The van der Waals surface area contributed by atoms with Crippen molar-refractivity contribution in [2.75, 3.05) is 0 Å². The first-order chi connectivity index (χ1) is 15.4. The zero-order valence-electron chi connectivity index (χ0n) is 19.8. The van der Waals surface area contributed by atoms with Crippen LogP contribution in [0, 0.1) is 10.8 Å². The number of fused-ring (bicyclic) bond motifs is 3. The minimum Gasteiger partial charge on any atom is -0.309 e. The third-order valence-electron chi connectivity index (χ3n) is 6.70. The van der Waals surface area contributed by atoms with E-state index >= 15 is 0 Å². The smallest absolute Gasteiger partial charge is 0.0541 e. The van der Waals surface area contributed by atoms with Crippen LogP contribution in [-0.4, -0.2) is 4.57 Å². The standard InChI is InChI=1S/C31H33N/c1-6-20-30(4,21-12-13-24(2)3)31(5)22-18-27-26-16-10-11-17-28(26)32(29(27)19-23-31)25-14-8-7-9-15-25/h6-23H,1-5H3/b20-6-,21-12-. The van der Waals surface area contributed by atoms with Crippen molar-refractivity contribution in [1.82, 2.24) is 4.57 Å². The van der Waals surface area contributed by atoms with Crippen LogP contribution in [0.4, 0.5) is 0 Å². The molecule has 1 heteroatoms. The molecule has 2 aromatic carbocycles. The van der Waals surface area contributed by atoms with Gasteiger partial charge in [-0.2, -0.15) is 0 Å². The van der Waals surface area contributed by atoms with Gasteiger partial charge in [0.2, 0.25) is 0 Å². The molecule has 1 aromatic heterocycles. The summed E-state index contributed by atoms with van der Waals surface area (Å²) in [4.78, 5) is 0. The van der Waals surface area contributed by atoms with Crippen LogP contribution in [0.2, 0.25) is 0 Å². The van der Waals surface area contributed by atoms with Crippen LogP contribution in [0.1, 0.15) is 45.9 Å². The van der Waals surface area contributed by atoms with Gasteiger partial charge < -0.3 is 4.57 Å². The summed E-state index contributed by atoms with van der Waals surface area (Å²) >= 11 is 0. The molecule has 0 fully saturated rings. The second-order valence-corrected chi connectivity index (χ2v) is 9.32. The molecule has 1 heterocycles. The number of nitrogens with zero attached hydrogens (tertiary/aromatic N) is 1. The number of benzene rings is 2. The highest BCUT2D eigenvalue weighted by atomic mass is 15.0. The monoisotopic (exact) mass is 419 g/mol.